The van der Waals surface area contributed by atoms with Crippen LogP contribution in [-0.4, -0.2) is 60.3 Å². The molecule has 0 radical (unpaired) electrons. The number of esters is 2. The van der Waals surface area contributed by atoms with Gasteiger partial charge in [-0.15, -0.1) is 0 Å². The summed E-state index contributed by atoms with van der Waals surface area (Å²) in [7, 11) is 4.05. The number of methoxy groups -OCH3 is 3. The Labute approximate surface area is 254 Å². The van der Waals surface area contributed by atoms with Crippen LogP contribution in [0.3, 0.4) is 0 Å². The summed E-state index contributed by atoms with van der Waals surface area (Å²) >= 11 is 9.42. The molecule has 1 amide bonds. The van der Waals surface area contributed by atoms with E-state index in [0.717, 1.165) is 23.5 Å². The van der Waals surface area contributed by atoms with Crippen LogP contribution in [0.1, 0.15) is 19.4 Å². The van der Waals surface area contributed by atoms with Crippen molar-refractivity contribution in [2.75, 3.05) is 32.0 Å². The second-order valence-electron chi connectivity index (χ2n) is 9.24. The standard InChI is InChI=1S/C28H24N2O7S4/c1-28(2)23(38)20(26-40-21(24(32)35-4)22(41-26)25(33)36-5)15-11-10-14(34-3)12-17(15)30(28)19(31)13-39-27-29-16-8-6-7-9-18(16)37-27/h6-12H,13H2,1-5H3. The molecule has 0 aliphatic carbocycles. The molecule has 0 bridgehead atoms. The lowest BCUT2D eigenvalue weighted by Crippen LogP contribution is -2.56. The topological polar surface area (TPSA) is 108 Å². The van der Waals surface area contributed by atoms with E-state index in [1.807, 2.05) is 44.2 Å². The van der Waals surface area contributed by atoms with Gasteiger partial charge in [0.15, 0.2) is 5.58 Å². The number of anilines is 1. The molecule has 9 nitrogen and oxygen atoms in total. The number of para-hydroxylation sites is 2. The largest absolute Gasteiger partial charge is 0.497 e. The third-order valence-electron chi connectivity index (χ3n) is 6.44. The molecule has 41 heavy (non-hydrogen) atoms. The molecule has 3 heterocycles. The molecule has 1 aromatic heterocycles. The summed E-state index contributed by atoms with van der Waals surface area (Å²) in [4.78, 5) is 45.8. The number of fused-ring (bicyclic) bond motifs is 2. The second kappa shape index (κ2) is 11.6. The smallest absolute Gasteiger partial charge is 0.346 e. The maximum atomic E-state index is 13.9. The van der Waals surface area contributed by atoms with Crippen molar-refractivity contribution in [3.63, 3.8) is 0 Å². The minimum atomic E-state index is -0.962. The van der Waals surface area contributed by atoms with Gasteiger partial charge in [0.1, 0.15) is 21.1 Å². The number of hydrogen-bond donors (Lipinski definition) is 0. The van der Waals surface area contributed by atoms with Crippen LogP contribution >= 0.6 is 47.5 Å². The van der Waals surface area contributed by atoms with Gasteiger partial charge in [0.05, 0.1) is 47.4 Å². The van der Waals surface area contributed by atoms with E-state index in [0.29, 0.717) is 48.0 Å². The Morgan fingerprint density at radius 2 is 1.68 bits per heavy atom. The van der Waals surface area contributed by atoms with Crippen LogP contribution in [0.5, 0.6) is 5.75 Å². The van der Waals surface area contributed by atoms with E-state index in [4.69, 9.17) is 30.8 Å². The lowest BCUT2D eigenvalue weighted by molar-refractivity contribution is -0.138. The predicted octanol–water partition coefficient (Wildman–Crippen LogP) is 5.83. The Morgan fingerprint density at radius 1 is 1.02 bits per heavy atom. The van der Waals surface area contributed by atoms with Crippen molar-refractivity contribution < 1.29 is 33.0 Å². The van der Waals surface area contributed by atoms with Gasteiger partial charge >= 0.3 is 11.9 Å². The Bertz CT molecular complexity index is 1610. The maximum Gasteiger partial charge on any atom is 0.346 e. The third-order valence-corrected chi connectivity index (χ3v) is 10.5. The molecule has 0 unspecified atom stereocenters. The monoisotopic (exact) mass is 628 g/mol. The van der Waals surface area contributed by atoms with Gasteiger partial charge < -0.3 is 23.5 Å². The van der Waals surface area contributed by atoms with E-state index in [2.05, 4.69) is 4.98 Å². The van der Waals surface area contributed by atoms with Gasteiger partial charge in [0.25, 0.3) is 5.22 Å². The highest BCUT2D eigenvalue weighted by molar-refractivity contribution is 8.29. The highest BCUT2D eigenvalue weighted by Gasteiger charge is 2.46. The normalized spacial score (nSPS) is 16.2. The van der Waals surface area contributed by atoms with E-state index in [1.165, 1.54) is 26.0 Å². The molecule has 0 saturated heterocycles. The van der Waals surface area contributed by atoms with Gasteiger partial charge in [-0.1, -0.05) is 59.6 Å². The van der Waals surface area contributed by atoms with Crippen molar-refractivity contribution in [3.8, 4) is 5.75 Å². The number of thiocarbonyl (C=S) groups is 1. The Morgan fingerprint density at radius 3 is 2.29 bits per heavy atom. The van der Waals surface area contributed by atoms with E-state index >= 15 is 0 Å². The molecule has 2 aromatic carbocycles. The van der Waals surface area contributed by atoms with Crippen LogP contribution in [0.25, 0.3) is 16.7 Å². The summed E-state index contributed by atoms with van der Waals surface area (Å²) in [5.74, 6) is -0.911. The van der Waals surface area contributed by atoms with Gasteiger partial charge in [-0.05, 0) is 38.1 Å². The van der Waals surface area contributed by atoms with Crippen molar-refractivity contribution in [1.82, 2.24) is 4.98 Å². The molecule has 3 aromatic rings. The van der Waals surface area contributed by atoms with Gasteiger partial charge in [0.2, 0.25) is 5.91 Å². The number of rotatable bonds is 6. The molecule has 2 aliphatic heterocycles. The fourth-order valence-corrected chi connectivity index (χ4v) is 8.19. The fraction of sp³-hybridized carbons (Fsp3) is 0.250. The first kappa shape index (κ1) is 29.2. The summed E-state index contributed by atoms with van der Waals surface area (Å²) in [6.45, 7) is 3.72. The summed E-state index contributed by atoms with van der Waals surface area (Å²) in [5, 5.41) is 0.390. The van der Waals surface area contributed by atoms with E-state index in [9.17, 15) is 14.4 Å². The minimum absolute atomic E-state index is 0.0471. The van der Waals surface area contributed by atoms with Crippen molar-refractivity contribution in [2.24, 2.45) is 0 Å². The molecule has 5 rings (SSSR count). The fourth-order valence-electron chi connectivity index (χ4n) is 4.47. The van der Waals surface area contributed by atoms with Gasteiger partial charge in [-0.25, -0.2) is 14.6 Å². The third kappa shape index (κ3) is 5.27. The zero-order valence-electron chi connectivity index (χ0n) is 22.6. The molecule has 13 heteroatoms. The van der Waals surface area contributed by atoms with Crippen LogP contribution in [0, 0.1) is 0 Å². The van der Waals surface area contributed by atoms with Crippen molar-refractivity contribution in [3.05, 3.63) is 62.1 Å². The lowest BCUT2D eigenvalue weighted by atomic mass is 9.83. The molecule has 0 N–H and O–H groups in total. The number of hydrogen-bond acceptors (Lipinski definition) is 12. The van der Waals surface area contributed by atoms with E-state index < -0.39 is 17.5 Å². The minimum Gasteiger partial charge on any atom is -0.497 e. The maximum absolute atomic E-state index is 13.9. The lowest BCUT2D eigenvalue weighted by Gasteiger charge is -2.45. The highest BCUT2D eigenvalue weighted by Crippen LogP contribution is 2.56. The first-order chi connectivity index (χ1) is 19.6. The van der Waals surface area contributed by atoms with E-state index in [1.54, 1.807) is 24.1 Å². The molecular formula is C28H24N2O7S4. The zero-order chi connectivity index (χ0) is 29.5. The highest BCUT2D eigenvalue weighted by atomic mass is 32.2. The van der Waals surface area contributed by atoms with Crippen molar-refractivity contribution >= 4 is 92.6 Å². The quantitative estimate of drug-likeness (QED) is 0.142. The molecule has 0 saturated carbocycles. The predicted molar refractivity (Wildman–Crippen MR) is 165 cm³/mol. The number of thioether (sulfide) groups is 3. The molecule has 2 aliphatic rings. The number of amides is 1. The number of oxazole rings is 1. The molecule has 0 fully saturated rings. The molecule has 0 atom stereocenters. The summed E-state index contributed by atoms with van der Waals surface area (Å²) in [6.07, 6.45) is 0. The number of carbonyl (C=O) groups is 3. The first-order valence-corrected chi connectivity index (χ1v) is 15.2. The van der Waals surface area contributed by atoms with Gasteiger partial charge in [-0.2, -0.15) is 0 Å². The molecule has 212 valence electrons. The number of nitrogens with zero attached hydrogens (tertiary/aromatic N) is 2. The van der Waals surface area contributed by atoms with Crippen molar-refractivity contribution in [1.29, 1.82) is 0 Å². The summed E-state index contributed by atoms with van der Waals surface area (Å²) in [6, 6.07) is 12.8. The second-order valence-corrected chi connectivity index (χ2v) is 12.9. The average molecular weight is 629 g/mol. The first-order valence-electron chi connectivity index (χ1n) is 12.2. The summed E-state index contributed by atoms with van der Waals surface area (Å²) < 4.78 is 21.7. The molecule has 0 spiro atoms. The average Bonchev–Trinajstić information content (AvgIpc) is 3.60. The number of ether oxygens (including phenoxy) is 3. The summed E-state index contributed by atoms with van der Waals surface area (Å²) in [5.41, 5.74) is 2.30. The van der Waals surface area contributed by atoms with Crippen LogP contribution in [-0.2, 0) is 23.9 Å². The number of aromatic nitrogens is 1. The number of benzene rings is 2. The van der Waals surface area contributed by atoms with E-state index in [-0.39, 0.29) is 21.5 Å². The molecular weight excluding hydrogens is 605 g/mol. The van der Waals surface area contributed by atoms with Crippen LogP contribution in [0.15, 0.2) is 66.2 Å². The van der Waals surface area contributed by atoms with Crippen molar-refractivity contribution in [2.45, 2.75) is 24.6 Å². The number of carbonyl (C=O) groups excluding carboxylic acids is 3. The Kier molecular flexibility index (Phi) is 8.24. The van der Waals surface area contributed by atoms with Crippen LogP contribution in [0.4, 0.5) is 5.69 Å². The van der Waals surface area contributed by atoms with Gasteiger partial charge in [0, 0.05) is 17.2 Å². The SMILES string of the molecule is COC(=O)C1=C(C(=O)OC)SC(=C2C(=S)C(C)(C)N(C(=O)CSc3nc4ccccc4o3)c3cc(OC)ccc32)S1. The van der Waals surface area contributed by atoms with Crippen LogP contribution < -0.4 is 9.64 Å². The van der Waals surface area contributed by atoms with Crippen LogP contribution in [0.2, 0.25) is 0 Å². The Balaban J connectivity index is 1.55. The van der Waals surface area contributed by atoms with Gasteiger partial charge in [-0.3, -0.25) is 4.79 Å². The zero-order valence-corrected chi connectivity index (χ0v) is 25.9. The Hall–Kier alpha value is -3.26.